The number of hydrogen-bond donors (Lipinski definition) is 1. The van der Waals surface area contributed by atoms with E-state index in [-0.39, 0.29) is 0 Å². The monoisotopic (exact) mass is 785 g/mol. The van der Waals surface area contributed by atoms with Gasteiger partial charge < -0.3 is 32.6 Å². The average molecular weight is 786 g/mol. The second kappa shape index (κ2) is 23.9. The highest BCUT2D eigenvalue weighted by atomic mass is 16.5. The van der Waals surface area contributed by atoms with Gasteiger partial charge in [0.1, 0.15) is 0 Å². The number of H-pyrrole nitrogens is 1. The SMILES string of the molecule is COCCCc1[nH]nc2ccccc12.COCCCn1c(C)cc2ccccc21.COCCCn1cc(C)c2ccccc21.COCCCn1ccc2ccccc21. The maximum Gasteiger partial charge on any atom is 0.0923 e. The van der Waals surface area contributed by atoms with Crippen molar-refractivity contribution in [1.82, 2.24) is 23.9 Å². The fraction of sp³-hybridized carbons (Fsp3) is 0.367. The molecule has 1 N–H and O–H groups in total. The van der Waals surface area contributed by atoms with E-state index in [0.717, 1.165) is 83.7 Å². The van der Waals surface area contributed by atoms with Crippen molar-refractivity contribution in [3.05, 3.63) is 139 Å². The number of nitrogens with one attached hydrogen (secondary N) is 1. The smallest absolute Gasteiger partial charge is 0.0923 e. The van der Waals surface area contributed by atoms with E-state index < -0.39 is 0 Å². The molecule has 0 aliphatic rings. The van der Waals surface area contributed by atoms with E-state index in [0.29, 0.717) is 0 Å². The van der Waals surface area contributed by atoms with E-state index in [9.17, 15) is 0 Å². The Morgan fingerprint density at radius 1 is 0.534 bits per heavy atom. The zero-order valence-electron chi connectivity index (χ0n) is 35.5. The van der Waals surface area contributed by atoms with E-state index in [1.165, 1.54) is 55.0 Å². The quantitative estimate of drug-likeness (QED) is 0.0987. The molecule has 308 valence electrons. The van der Waals surface area contributed by atoms with E-state index in [4.69, 9.17) is 18.9 Å². The van der Waals surface area contributed by atoms with Gasteiger partial charge in [-0.2, -0.15) is 5.10 Å². The summed E-state index contributed by atoms with van der Waals surface area (Å²) in [6.45, 7) is 10.7. The molecule has 4 aromatic carbocycles. The van der Waals surface area contributed by atoms with Gasteiger partial charge in [0, 0.05) is 126 Å². The number of aromatic amines is 1. The molecular formula is C49H63N5O4. The predicted molar refractivity (Wildman–Crippen MR) is 241 cm³/mol. The molecule has 8 rings (SSSR count). The van der Waals surface area contributed by atoms with E-state index in [1.54, 1.807) is 28.4 Å². The van der Waals surface area contributed by atoms with E-state index >= 15 is 0 Å². The molecular weight excluding hydrogens is 723 g/mol. The number of benzene rings is 4. The van der Waals surface area contributed by atoms with Crippen LogP contribution in [0.4, 0.5) is 0 Å². The second-order valence-corrected chi connectivity index (χ2v) is 14.4. The Bertz CT molecular complexity index is 2280. The maximum absolute atomic E-state index is 5.08. The zero-order chi connectivity index (χ0) is 41.0. The third kappa shape index (κ3) is 12.4. The van der Waals surface area contributed by atoms with Gasteiger partial charge in [0.25, 0.3) is 0 Å². The molecule has 0 bridgehead atoms. The van der Waals surface area contributed by atoms with Crippen molar-refractivity contribution in [2.45, 2.75) is 65.6 Å². The summed E-state index contributed by atoms with van der Waals surface area (Å²) >= 11 is 0. The van der Waals surface area contributed by atoms with Crippen molar-refractivity contribution >= 4 is 43.6 Å². The van der Waals surface area contributed by atoms with Crippen LogP contribution >= 0.6 is 0 Å². The molecule has 0 spiro atoms. The molecule has 0 amide bonds. The predicted octanol–water partition coefficient (Wildman–Crippen LogP) is 10.8. The van der Waals surface area contributed by atoms with Crippen LogP contribution in [0.1, 0.15) is 42.6 Å². The highest BCUT2D eigenvalue weighted by Crippen LogP contribution is 2.21. The van der Waals surface area contributed by atoms with Crippen molar-refractivity contribution in [1.29, 1.82) is 0 Å². The molecule has 4 aromatic heterocycles. The van der Waals surface area contributed by atoms with Gasteiger partial charge in [-0.05, 0) is 98.7 Å². The van der Waals surface area contributed by atoms with Crippen molar-refractivity contribution < 1.29 is 18.9 Å². The first-order valence-electron chi connectivity index (χ1n) is 20.5. The van der Waals surface area contributed by atoms with Crippen LogP contribution in [0.5, 0.6) is 0 Å². The van der Waals surface area contributed by atoms with Crippen molar-refractivity contribution in [3.8, 4) is 0 Å². The third-order valence-corrected chi connectivity index (χ3v) is 10.2. The summed E-state index contributed by atoms with van der Waals surface area (Å²) in [5.74, 6) is 0. The van der Waals surface area contributed by atoms with Crippen LogP contribution < -0.4 is 0 Å². The summed E-state index contributed by atoms with van der Waals surface area (Å²) in [7, 11) is 6.97. The Morgan fingerprint density at radius 3 is 1.79 bits per heavy atom. The molecule has 58 heavy (non-hydrogen) atoms. The number of methoxy groups -OCH3 is 4. The first-order chi connectivity index (χ1) is 28.5. The number of nitrogens with zero attached hydrogens (tertiary/aromatic N) is 4. The van der Waals surface area contributed by atoms with Crippen LogP contribution in [-0.2, 0) is 45.0 Å². The van der Waals surface area contributed by atoms with Gasteiger partial charge in [-0.3, -0.25) is 5.10 Å². The van der Waals surface area contributed by atoms with Crippen LogP contribution in [0.3, 0.4) is 0 Å². The minimum Gasteiger partial charge on any atom is -0.385 e. The Hall–Kier alpha value is -5.19. The lowest BCUT2D eigenvalue weighted by molar-refractivity contribution is 0.190. The van der Waals surface area contributed by atoms with Crippen LogP contribution in [0, 0.1) is 13.8 Å². The van der Waals surface area contributed by atoms with Crippen LogP contribution in [0.15, 0.2) is 122 Å². The van der Waals surface area contributed by atoms with Crippen molar-refractivity contribution in [2.75, 3.05) is 54.9 Å². The minimum atomic E-state index is 0.799. The molecule has 0 radical (unpaired) electrons. The molecule has 0 saturated carbocycles. The highest BCUT2D eigenvalue weighted by molar-refractivity contribution is 5.84. The Kier molecular flexibility index (Phi) is 18.1. The van der Waals surface area contributed by atoms with Crippen LogP contribution in [0.2, 0.25) is 0 Å². The van der Waals surface area contributed by atoms with Gasteiger partial charge in [0.15, 0.2) is 0 Å². The molecule has 4 heterocycles. The van der Waals surface area contributed by atoms with Gasteiger partial charge in [-0.25, -0.2) is 0 Å². The molecule has 0 aliphatic carbocycles. The lowest BCUT2D eigenvalue weighted by Gasteiger charge is -2.07. The molecule has 9 nitrogen and oxygen atoms in total. The largest absolute Gasteiger partial charge is 0.385 e. The molecule has 0 aliphatic heterocycles. The van der Waals surface area contributed by atoms with Gasteiger partial charge in [-0.1, -0.05) is 72.8 Å². The molecule has 9 heteroatoms. The highest BCUT2D eigenvalue weighted by Gasteiger charge is 2.06. The first-order valence-corrected chi connectivity index (χ1v) is 20.5. The number of ether oxygens (including phenoxy) is 4. The first kappa shape index (κ1) is 43.9. The van der Waals surface area contributed by atoms with Gasteiger partial charge in [0.05, 0.1) is 5.52 Å². The van der Waals surface area contributed by atoms with Crippen LogP contribution in [0.25, 0.3) is 43.6 Å². The summed E-state index contributed by atoms with van der Waals surface area (Å²) < 4.78 is 27.1. The topological polar surface area (TPSA) is 80.4 Å². The fourth-order valence-electron chi connectivity index (χ4n) is 7.32. The van der Waals surface area contributed by atoms with Gasteiger partial charge in [-0.15, -0.1) is 0 Å². The van der Waals surface area contributed by atoms with E-state index in [1.807, 2.05) is 18.2 Å². The number of hydrogen-bond acceptors (Lipinski definition) is 5. The number of para-hydroxylation sites is 4. The van der Waals surface area contributed by atoms with Crippen molar-refractivity contribution in [3.63, 3.8) is 0 Å². The average Bonchev–Trinajstić information content (AvgIpc) is 4.03. The lowest BCUT2D eigenvalue weighted by atomic mass is 10.1. The second-order valence-electron chi connectivity index (χ2n) is 14.4. The number of fused-ring (bicyclic) bond motifs is 4. The zero-order valence-corrected chi connectivity index (χ0v) is 35.5. The molecule has 0 fully saturated rings. The number of aromatic nitrogens is 5. The minimum absolute atomic E-state index is 0.799. The lowest BCUT2D eigenvalue weighted by Crippen LogP contribution is -2.02. The number of aryl methyl sites for hydroxylation is 6. The number of rotatable bonds is 16. The third-order valence-electron chi connectivity index (χ3n) is 10.2. The summed E-state index contributed by atoms with van der Waals surface area (Å²) in [4.78, 5) is 0. The normalized spacial score (nSPS) is 11.0. The standard InChI is InChI=1S/2C13H17NO.C12H15NO.C11H14N2O/c1-11-10-14(8-5-9-15-2)13-7-4-3-6-12(11)13;1-11-10-12-6-3-4-7-13(12)14(11)8-5-9-15-2;1-14-10-4-8-13-9-7-11-5-2-3-6-12(11)13;1-14-8-4-7-11-9-5-2-3-6-10(9)12-13-11/h2*3-4,6-7,10H,5,8-9H2,1-2H3;2-3,5-7,9H,4,8,10H2,1H3;2-3,5-6H,4,7-8H2,1H3,(H,12,13). The maximum atomic E-state index is 5.08. The molecule has 8 aromatic rings. The molecule has 0 unspecified atom stereocenters. The Labute approximate surface area is 344 Å². The molecule has 0 atom stereocenters. The Morgan fingerprint density at radius 2 is 1.09 bits per heavy atom. The van der Waals surface area contributed by atoms with Gasteiger partial charge >= 0.3 is 0 Å². The fourth-order valence-corrected chi connectivity index (χ4v) is 7.32. The summed E-state index contributed by atoms with van der Waals surface area (Å²) in [5, 5.41) is 12.5. The summed E-state index contributed by atoms with van der Waals surface area (Å²) in [5.41, 5.74) is 8.88. The Balaban J connectivity index is 0.000000147. The summed E-state index contributed by atoms with van der Waals surface area (Å²) in [6, 6.07) is 38.0. The molecule has 0 saturated heterocycles. The van der Waals surface area contributed by atoms with E-state index in [2.05, 4.69) is 141 Å². The van der Waals surface area contributed by atoms with Gasteiger partial charge in [0.2, 0.25) is 0 Å². The van der Waals surface area contributed by atoms with Crippen molar-refractivity contribution in [2.24, 2.45) is 0 Å². The van der Waals surface area contributed by atoms with Crippen LogP contribution in [-0.4, -0.2) is 78.8 Å². The summed E-state index contributed by atoms with van der Waals surface area (Å²) in [6.07, 6.45) is 9.58.